The summed E-state index contributed by atoms with van der Waals surface area (Å²) in [5, 5.41) is 40.5. The first-order valence-corrected chi connectivity index (χ1v) is 15.0. The number of rotatable bonds is 12. The highest BCUT2D eigenvalue weighted by Gasteiger charge is 2.34. The highest BCUT2D eigenvalue weighted by Crippen LogP contribution is 2.43. The zero-order chi connectivity index (χ0) is 37.7. The number of aromatic carboxylic acids is 4. The lowest BCUT2D eigenvalue weighted by molar-refractivity contribution is 0.0652. The van der Waals surface area contributed by atoms with Gasteiger partial charge in [-0.05, 0) is 59.2 Å². The van der Waals surface area contributed by atoms with Gasteiger partial charge in [0.25, 0.3) is 0 Å². The minimum atomic E-state index is -1.76. The van der Waals surface area contributed by atoms with E-state index in [4.69, 9.17) is 18.9 Å². The maximum Gasteiger partial charge on any atom is 0.345 e. The van der Waals surface area contributed by atoms with Gasteiger partial charge in [-0.2, -0.15) is 0 Å². The molecule has 0 aliphatic carbocycles. The lowest BCUT2D eigenvalue weighted by Crippen LogP contribution is -2.21. The van der Waals surface area contributed by atoms with Crippen LogP contribution in [0.1, 0.15) is 62.1 Å². The molecule has 5 aromatic carbocycles. The largest absolute Gasteiger partial charge is 0.493 e. The smallest absolute Gasteiger partial charge is 0.345 e. The Labute approximate surface area is 293 Å². The Morgan fingerprint density at radius 1 is 0.404 bits per heavy atom. The van der Waals surface area contributed by atoms with Crippen molar-refractivity contribution in [1.82, 2.24) is 0 Å². The van der Waals surface area contributed by atoms with Crippen LogP contribution in [0.25, 0.3) is 22.3 Å². The van der Waals surface area contributed by atoms with Crippen LogP contribution in [0.2, 0.25) is 0 Å². The summed E-state index contributed by atoms with van der Waals surface area (Å²) in [5.74, 6) is -9.25. The highest BCUT2D eigenvalue weighted by molar-refractivity contribution is 6.17. The molecule has 52 heavy (non-hydrogen) atoms. The fourth-order valence-electron chi connectivity index (χ4n) is 5.56. The zero-order valence-corrected chi connectivity index (χ0v) is 27.1. The summed E-state index contributed by atoms with van der Waals surface area (Å²) in [7, 11) is 2.62. The van der Waals surface area contributed by atoms with Gasteiger partial charge in [-0.25, -0.2) is 28.8 Å². The third kappa shape index (κ3) is 6.84. The lowest BCUT2D eigenvalue weighted by Gasteiger charge is -2.21. The van der Waals surface area contributed by atoms with Crippen molar-refractivity contribution in [3.05, 3.63) is 130 Å². The summed E-state index contributed by atoms with van der Waals surface area (Å²) >= 11 is 0. The first-order valence-electron chi connectivity index (χ1n) is 15.0. The van der Waals surface area contributed by atoms with E-state index in [0.29, 0.717) is 0 Å². The summed E-state index contributed by atoms with van der Waals surface area (Å²) < 4.78 is 21.9. The highest BCUT2D eigenvalue weighted by atomic mass is 16.6. The fourth-order valence-corrected chi connectivity index (χ4v) is 5.56. The SMILES string of the molecule is COc1ccccc1OC(=O)c1ccc(-c2cccc(C(=O)O)c2C(=O)O)c(-c2cccc(C(=O)O)c2C(=O)O)c1C(=O)Oc1ccccc1OC. The number of carboxylic acids is 4. The maximum absolute atomic E-state index is 14.5. The van der Waals surface area contributed by atoms with Gasteiger partial charge in [-0.3, -0.25) is 0 Å². The van der Waals surface area contributed by atoms with Gasteiger partial charge < -0.3 is 39.4 Å². The summed E-state index contributed by atoms with van der Waals surface area (Å²) in [6, 6.07) is 20.9. The molecule has 5 aromatic rings. The third-order valence-corrected chi connectivity index (χ3v) is 7.75. The van der Waals surface area contributed by atoms with Gasteiger partial charge in [-0.1, -0.05) is 54.6 Å². The van der Waals surface area contributed by atoms with Crippen LogP contribution in [0, 0.1) is 0 Å². The van der Waals surface area contributed by atoms with E-state index in [2.05, 4.69) is 0 Å². The molecule has 0 aliphatic rings. The van der Waals surface area contributed by atoms with Crippen LogP contribution >= 0.6 is 0 Å². The molecule has 0 radical (unpaired) electrons. The molecule has 14 heteroatoms. The second-order valence-electron chi connectivity index (χ2n) is 10.7. The van der Waals surface area contributed by atoms with Gasteiger partial charge in [0.1, 0.15) is 0 Å². The number of benzene rings is 5. The molecule has 0 atom stereocenters. The number of hydrogen-bond acceptors (Lipinski definition) is 10. The van der Waals surface area contributed by atoms with E-state index in [1.165, 1.54) is 68.8 Å². The number of ether oxygens (including phenoxy) is 4. The van der Waals surface area contributed by atoms with Crippen molar-refractivity contribution in [2.75, 3.05) is 14.2 Å². The van der Waals surface area contributed by atoms with Crippen molar-refractivity contribution >= 4 is 35.8 Å². The topological polar surface area (TPSA) is 220 Å². The summed E-state index contributed by atoms with van der Waals surface area (Å²) in [6.07, 6.45) is 0. The summed E-state index contributed by atoms with van der Waals surface area (Å²) in [4.78, 5) is 78.4. The number of esters is 2. The molecule has 262 valence electrons. The van der Waals surface area contributed by atoms with Gasteiger partial charge in [0.2, 0.25) is 0 Å². The van der Waals surface area contributed by atoms with Crippen LogP contribution in [0.15, 0.2) is 97.1 Å². The second kappa shape index (κ2) is 15.0. The zero-order valence-electron chi connectivity index (χ0n) is 27.1. The Kier molecular flexibility index (Phi) is 10.3. The van der Waals surface area contributed by atoms with Crippen molar-refractivity contribution < 1.29 is 68.1 Å². The Hall–Kier alpha value is -7.48. The molecule has 0 aliphatic heterocycles. The first kappa shape index (κ1) is 35.8. The van der Waals surface area contributed by atoms with Crippen LogP contribution in [0.5, 0.6) is 23.0 Å². The normalized spacial score (nSPS) is 10.5. The molecule has 0 unspecified atom stereocenters. The summed E-state index contributed by atoms with van der Waals surface area (Å²) in [6.45, 7) is 0. The Morgan fingerprint density at radius 3 is 1.31 bits per heavy atom. The minimum Gasteiger partial charge on any atom is -0.493 e. The molecule has 0 amide bonds. The second-order valence-corrected chi connectivity index (χ2v) is 10.7. The van der Waals surface area contributed by atoms with E-state index in [1.807, 2.05) is 0 Å². The van der Waals surface area contributed by atoms with Crippen LogP contribution in [-0.2, 0) is 0 Å². The number of carbonyl (C=O) groups is 6. The summed E-state index contributed by atoms with van der Waals surface area (Å²) in [5.41, 5.74) is -5.75. The molecular formula is C38H26O14. The van der Waals surface area contributed by atoms with Crippen LogP contribution in [0.3, 0.4) is 0 Å². The van der Waals surface area contributed by atoms with Gasteiger partial charge >= 0.3 is 35.8 Å². The predicted octanol–water partition coefficient (Wildman–Crippen LogP) is 6.27. The molecule has 0 aromatic heterocycles. The molecule has 5 rings (SSSR count). The van der Waals surface area contributed by atoms with E-state index in [-0.39, 0.29) is 34.1 Å². The molecule has 0 saturated carbocycles. The van der Waals surface area contributed by atoms with Crippen molar-refractivity contribution in [1.29, 1.82) is 0 Å². The molecule has 4 N–H and O–H groups in total. The van der Waals surface area contributed by atoms with E-state index in [9.17, 15) is 49.2 Å². The average Bonchev–Trinajstić information content (AvgIpc) is 3.13. The van der Waals surface area contributed by atoms with Gasteiger partial charge in [0.15, 0.2) is 23.0 Å². The van der Waals surface area contributed by atoms with Crippen LogP contribution < -0.4 is 18.9 Å². The maximum atomic E-state index is 14.5. The first-order chi connectivity index (χ1) is 24.9. The fraction of sp³-hybridized carbons (Fsp3) is 0.0526. The average molecular weight is 707 g/mol. The quantitative estimate of drug-likeness (QED) is 0.0830. The number of carbonyl (C=O) groups excluding carboxylic acids is 2. The number of hydrogen-bond donors (Lipinski definition) is 4. The van der Waals surface area contributed by atoms with Gasteiger partial charge in [0.05, 0.1) is 47.6 Å². The van der Waals surface area contributed by atoms with Crippen molar-refractivity contribution in [2.45, 2.75) is 0 Å². The van der Waals surface area contributed by atoms with E-state index in [1.54, 1.807) is 12.1 Å². The number of para-hydroxylation sites is 4. The van der Waals surface area contributed by atoms with E-state index in [0.717, 1.165) is 30.3 Å². The standard InChI is InChI=1S/C38H26O14/c1-49-25-13-3-5-15-27(25)51-37(47)24-18-17-20(19-9-7-11-22(33(39)40)30(19)35(43)44)29(21-10-8-12-23(34(41)42)31(21)36(45)46)32(24)38(48)52-28-16-6-4-14-26(28)50-2/h3-18H,1-2H3,(H,39,40)(H,41,42)(H,43,44)(H,45,46). The van der Waals surface area contributed by atoms with Crippen LogP contribution in [0.4, 0.5) is 0 Å². The monoisotopic (exact) mass is 706 g/mol. The molecule has 0 bridgehead atoms. The Bertz CT molecular complexity index is 2290. The van der Waals surface area contributed by atoms with Crippen molar-refractivity contribution in [3.8, 4) is 45.3 Å². The molecule has 14 nitrogen and oxygen atoms in total. The minimum absolute atomic E-state index is 0.0770. The number of methoxy groups -OCH3 is 2. The molecule has 0 saturated heterocycles. The van der Waals surface area contributed by atoms with Crippen molar-refractivity contribution in [2.24, 2.45) is 0 Å². The Balaban J connectivity index is 1.96. The van der Waals surface area contributed by atoms with Crippen molar-refractivity contribution in [3.63, 3.8) is 0 Å². The van der Waals surface area contributed by atoms with Gasteiger partial charge in [0, 0.05) is 5.56 Å². The third-order valence-electron chi connectivity index (χ3n) is 7.75. The molecule has 0 spiro atoms. The molecule has 0 heterocycles. The molecular weight excluding hydrogens is 680 g/mol. The predicted molar refractivity (Wildman–Crippen MR) is 181 cm³/mol. The van der Waals surface area contributed by atoms with E-state index >= 15 is 0 Å². The number of carboxylic acid groups (broad SMARTS) is 4. The molecule has 0 fully saturated rings. The van der Waals surface area contributed by atoms with E-state index < -0.39 is 80.3 Å². The van der Waals surface area contributed by atoms with Crippen LogP contribution in [-0.4, -0.2) is 70.5 Å². The lowest BCUT2D eigenvalue weighted by atomic mass is 9.82. The Morgan fingerprint density at radius 2 is 0.846 bits per heavy atom. The van der Waals surface area contributed by atoms with Gasteiger partial charge in [-0.15, -0.1) is 0 Å².